The number of aliphatic hydroxyl groups is 8. The van der Waals surface area contributed by atoms with Gasteiger partial charge in [-0.15, -0.1) is 0 Å². The topological polar surface area (TPSA) is 228 Å². The maximum Gasteiger partial charge on any atom is 0.220 e. The van der Waals surface area contributed by atoms with Crippen molar-refractivity contribution in [3.8, 4) is 0 Å². The van der Waals surface area contributed by atoms with Crippen LogP contribution in [0.15, 0.2) is 36.5 Å². The number of allylic oxidation sites excluding steroid dienone is 5. The van der Waals surface area contributed by atoms with Gasteiger partial charge in [-0.25, -0.2) is 0 Å². The summed E-state index contributed by atoms with van der Waals surface area (Å²) in [5.74, 6) is -0.245. The third-order valence-electron chi connectivity index (χ3n) is 19.3. The molecule has 2 fully saturated rings. The minimum absolute atomic E-state index is 0.245. The average Bonchev–Trinajstić information content (AvgIpc) is 0.864. The molecule has 1 amide bonds. The lowest BCUT2D eigenvalue weighted by molar-refractivity contribution is -0.359. The summed E-state index contributed by atoms with van der Waals surface area (Å²) in [4.78, 5) is 13.4. The van der Waals surface area contributed by atoms with Crippen molar-refractivity contribution in [1.29, 1.82) is 0 Å². The Hall–Kier alpha value is -1.79. The number of rotatable bonds is 66. The number of unbranched alkanes of at least 4 members (excludes halogenated alkanes) is 49. The van der Waals surface area contributed by atoms with Gasteiger partial charge in [-0.1, -0.05) is 346 Å². The predicted molar refractivity (Wildman–Crippen MR) is 378 cm³/mol. The van der Waals surface area contributed by atoms with Crippen LogP contribution in [-0.2, 0) is 23.7 Å². The summed E-state index contributed by atoms with van der Waals surface area (Å²) in [6.07, 6.45) is 65.2. The summed E-state index contributed by atoms with van der Waals surface area (Å²) in [6.45, 7) is 2.84. The maximum atomic E-state index is 13.4. The lowest BCUT2D eigenvalue weighted by Crippen LogP contribution is -2.65. The summed E-state index contributed by atoms with van der Waals surface area (Å²) >= 11 is 0. The number of ether oxygens (including phenoxy) is 4. The molecule has 14 heteroatoms. The first-order chi connectivity index (χ1) is 45.1. The second-order valence-electron chi connectivity index (χ2n) is 27.8. The maximum absolute atomic E-state index is 13.4. The highest BCUT2D eigenvalue weighted by Crippen LogP contribution is 2.30. The van der Waals surface area contributed by atoms with Crippen molar-refractivity contribution in [2.45, 2.75) is 434 Å². The predicted octanol–water partition coefficient (Wildman–Crippen LogP) is 17.2. The molecule has 12 unspecified atom stereocenters. The van der Waals surface area contributed by atoms with Crippen molar-refractivity contribution >= 4 is 5.91 Å². The normalized spacial score (nSPS) is 22.8. The molecule has 2 heterocycles. The van der Waals surface area contributed by atoms with Gasteiger partial charge in [0, 0.05) is 6.42 Å². The molecule has 2 rings (SSSR count). The van der Waals surface area contributed by atoms with Gasteiger partial charge >= 0.3 is 0 Å². The van der Waals surface area contributed by atoms with E-state index in [0.29, 0.717) is 12.8 Å². The molecule has 92 heavy (non-hydrogen) atoms. The number of hydrogen-bond donors (Lipinski definition) is 9. The Balaban J connectivity index is 1.64. The Kier molecular flexibility index (Phi) is 58.8. The molecule has 0 aromatic heterocycles. The van der Waals surface area contributed by atoms with Crippen LogP contribution in [0, 0.1) is 0 Å². The highest BCUT2D eigenvalue weighted by molar-refractivity contribution is 5.76. The van der Waals surface area contributed by atoms with Gasteiger partial charge in [0.2, 0.25) is 5.91 Å². The van der Waals surface area contributed by atoms with Crippen LogP contribution in [0.2, 0.25) is 0 Å². The average molecular weight is 1310 g/mol. The van der Waals surface area contributed by atoms with Gasteiger partial charge in [0.25, 0.3) is 0 Å². The third-order valence-corrected chi connectivity index (χ3v) is 19.3. The Labute approximate surface area is 563 Å². The van der Waals surface area contributed by atoms with Crippen LogP contribution in [0.1, 0.15) is 361 Å². The van der Waals surface area contributed by atoms with E-state index in [9.17, 15) is 45.6 Å². The number of carbonyl (C=O) groups excluding carboxylic acids is 1. The summed E-state index contributed by atoms with van der Waals surface area (Å²) < 4.78 is 22.9. The zero-order valence-electron chi connectivity index (χ0n) is 59.3. The quantitative estimate of drug-likeness (QED) is 0.0204. The highest BCUT2D eigenvalue weighted by Gasteiger charge is 2.51. The van der Waals surface area contributed by atoms with Gasteiger partial charge in [-0.3, -0.25) is 4.79 Å². The third kappa shape index (κ3) is 45.7. The van der Waals surface area contributed by atoms with Gasteiger partial charge in [-0.05, 0) is 44.9 Å². The standard InChI is InChI=1S/C78H147NO13/c1-3-5-7-9-11-13-15-17-19-21-23-25-27-29-31-32-33-34-35-36-38-40-42-44-46-48-50-52-54-56-58-60-62-70(83)79-66(65-89-77-75(88)73(86)76(69(64-81)91-77)92-78-74(87)72(85)71(84)68(63-80)90-78)67(82)61-59-57-55-53-51-49-47-45-43-41-39-37-30-28-26-24-22-20-18-16-14-12-10-8-6-4-2/h43,45,51,53,59,61,66-69,71-78,80-82,84-88H,3-42,44,46-50,52,54-58,60,62-65H2,1-2H3,(H,79,83)/b45-43+,53-51+,61-59+. The van der Waals surface area contributed by atoms with E-state index in [2.05, 4.69) is 43.5 Å². The Morgan fingerprint density at radius 1 is 0.380 bits per heavy atom. The van der Waals surface area contributed by atoms with Gasteiger partial charge in [0.05, 0.1) is 32.0 Å². The molecule has 0 saturated carbocycles. The van der Waals surface area contributed by atoms with E-state index in [0.717, 1.165) is 44.9 Å². The Morgan fingerprint density at radius 3 is 1.07 bits per heavy atom. The summed E-state index contributed by atoms with van der Waals surface area (Å²) in [7, 11) is 0. The number of amides is 1. The largest absolute Gasteiger partial charge is 0.394 e. The highest BCUT2D eigenvalue weighted by atomic mass is 16.7. The van der Waals surface area contributed by atoms with Gasteiger partial charge in [0.1, 0.15) is 48.8 Å². The van der Waals surface area contributed by atoms with Crippen LogP contribution in [0.3, 0.4) is 0 Å². The van der Waals surface area contributed by atoms with Crippen LogP contribution in [0.25, 0.3) is 0 Å². The molecule has 2 aliphatic heterocycles. The molecule has 0 spiro atoms. The smallest absolute Gasteiger partial charge is 0.220 e. The van der Waals surface area contributed by atoms with Crippen molar-refractivity contribution in [2.75, 3.05) is 19.8 Å². The number of aliphatic hydroxyl groups excluding tert-OH is 8. The molecule has 0 bridgehead atoms. The van der Waals surface area contributed by atoms with E-state index in [1.807, 2.05) is 6.08 Å². The SMILES string of the molecule is CCCCCCCCCCCCCCCCCC/C=C/CC/C=C/CC/C=C/C(O)C(COC1OC(CO)C(OC2OC(CO)C(O)C(O)C2O)C(O)C1O)NC(=O)CCCCCCCCCCCCCCCCCCCCCCCCCCCCCCCCCC. The molecule has 9 N–H and O–H groups in total. The molecule has 0 aromatic carbocycles. The fourth-order valence-electron chi connectivity index (χ4n) is 13.1. The zero-order chi connectivity index (χ0) is 66.6. The van der Waals surface area contributed by atoms with Crippen LogP contribution >= 0.6 is 0 Å². The van der Waals surface area contributed by atoms with E-state index in [-0.39, 0.29) is 18.9 Å². The van der Waals surface area contributed by atoms with Crippen LogP contribution < -0.4 is 5.32 Å². The molecule has 12 atom stereocenters. The van der Waals surface area contributed by atoms with E-state index >= 15 is 0 Å². The molecule has 542 valence electrons. The minimum Gasteiger partial charge on any atom is -0.394 e. The molecule has 2 aliphatic rings. The van der Waals surface area contributed by atoms with Gasteiger partial charge in [0.15, 0.2) is 12.6 Å². The molecular formula is C78H147NO13. The fraction of sp³-hybridized carbons (Fsp3) is 0.910. The molecule has 14 nitrogen and oxygen atoms in total. The van der Waals surface area contributed by atoms with Gasteiger partial charge < -0.3 is 65.1 Å². The lowest BCUT2D eigenvalue weighted by atomic mass is 9.97. The molecule has 0 aromatic rings. The number of nitrogens with one attached hydrogen (secondary N) is 1. The van der Waals surface area contributed by atoms with E-state index < -0.39 is 86.8 Å². The van der Waals surface area contributed by atoms with Crippen LogP contribution in [-0.4, -0.2) is 140 Å². The van der Waals surface area contributed by atoms with Crippen LogP contribution in [0.4, 0.5) is 0 Å². The molecule has 0 aliphatic carbocycles. The monoisotopic (exact) mass is 1310 g/mol. The van der Waals surface area contributed by atoms with Crippen LogP contribution in [0.5, 0.6) is 0 Å². The lowest BCUT2D eigenvalue weighted by Gasteiger charge is -2.46. The van der Waals surface area contributed by atoms with Crippen molar-refractivity contribution in [3.63, 3.8) is 0 Å². The number of hydrogen-bond acceptors (Lipinski definition) is 13. The van der Waals surface area contributed by atoms with Crippen molar-refractivity contribution in [3.05, 3.63) is 36.5 Å². The number of carbonyl (C=O) groups is 1. The van der Waals surface area contributed by atoms with Crippen molar-refractivity contribution in [1.82, 2.24) is 5.32 Å². The van der Waals surface area contributed by atoms with E-state index in [1.165, 1.54) is 283 Å². The van der Waals surface area contributed by atoms with Crippen molar-refractivity contribution in [2.24, 2.45) is 0 Å². The van der Waals surface area contributed by atoms with Crippen molar-refractivity contribution < 1.29 is 64.6 Å². The summed E-state index contributed by atoms with van der Waals surface area (Å²) in [5, 5.41) is 87.6. The molecule has 0 radical (unpaired) electrons. The van der Waals surface area contributed by atoms with E-state index in [1.54, 1.807) is 6.08 Å². The first-order valence-corrected chi connectivity index (χ1v) is 39.2. The first kappa shape index (κ1) is 86.3. The van der Waals surface area contributed by atoms with E-state index in [4.69, 9.17) is 18.9 Å². The zero-order valence-corrected chi connectivity index (χ0v) is 59.3. The molecular weight excluding hydrogens is 1160 g/mol. The first-order valence-electron chi connectivity index (χ1n) is 39.2. The second kappa shape index (κ2) is 62.7. The molecule has 2 saturated heterocycles. The second-order valence-corrected chi connectivity index (χ2v) is 27.8. The summed E-state index contributed by atoms with van der Waals surface area (Å²) in [6, 6.07) is -0.938. The minimum atomic E-state index is -1.79. The Morgan fingerprint density at radius 2 is 0.696 bits per heavy atom. The fourth-order valence-corrected chi connectivity index (χ4v) is 13.1. The van der Waals surface area contributed by atoms with Gasteiger partial charge in [-0.2, -0.15) is 0 Å². The summed E-state index contributed by atoms with van der Waals surface area (Å²) in [5.41, 5.74) is 0. The Bertz CT molecular complexity index is 1680.